The van der Waals surface area contributed by atoms with Crippen molar-refractivity contribution in [2.75, 3.05) is 26.9 Å². The summed E-state index contributed by atoms with van der Waals surface area (Å²) < 4.78 is 35.1. The Bertz CT molecular complexity index is 1240. The Hall–Kier alpha value is -2.16. The van der Waals surface area contributed by atoms with Crippen LogP contribution in [0.5, 0.6) is 0 Å². The molecule has 0 amide bonds. The number of aliphatic hydroxyl groups excluding tert-OH is 4. The van der Waals surface area contributed by atoms with E-state index in [-0.39, 0.29) is 43.3 Å². The molecular formula is C36H56O12. The largest absolute Gasteiger partial charge is 0.465 e. The Morgan fingerprint density at radius 2 is 1.79 bits per heavy atom. The van der Waals surface area contributed by atoms with Gasteiger partial charge in [-0.3, -0.25) is 9.59 Å². The number of hydrogen-bond acceptors (Lipinski definition) is 12. The standard InChI is InChI=1S/C36H56O12/c1-10-35(6,7)45-17-26-30(41)33(46-21(5)38)31(42)34(47-26)48-32-28-24(18(2)15-44-20(4)37)13-27(39)36(28,8)14-25-22(16-43-9)11-12-23(25)19(3)29(32)40/h10,14,18-19,22-23,26-27,29-34,39-42H,1,11-13,15-17H2,2-9H3/b25-14-/t18?,19-,22-,23+,26?,27+,29-,30-,31-,32?,33+,34-,36+/m1/s1. The maximum Gasteiger partial charge on any atom is 0.303 e. The van der Waals surface area contributed by atoms with Gasteiger partial charge in [0.15, 0.2) is 12.4 Å². The van der Waals surface area contributed by atoms with Gasteiger partial charge in [-0.25, -0.2) is 0 Å². The van der Waals surface area contributed by atoms with Gasteiger partial charge in [-0.2, -0.15) is 0 Å². The van der Waals surface area contributed by atoms with Gasteiger partial charge >= 0.3 is 11.9 Å². The van der Waals surface area contributed by atoms with E-state index < -0.39 is 72.0 Å². The first-order valence-corrected chi connectivity index (χ1v) is 17.0. The molecule has 0 aromatic rings. The minimum atomic E-state index is -1.63. The van der Waals surface area contributed by atoms with Crippen LogP contribution in [0, 0.1) is 29.1 Å². The average molecular weight is 681 g/mol. The fourth-order valence-electron chi connectivity index (χ4n) is 7.88. The minimum Gasteiger partial charge on any atom is -0.465 e. The van der Waals surface area contributed by atoms with E-state index in [1.165, 1.54) is 13.8 Å². The molecule has 0 spiro atoms. The molecule has 4 rings (SSSR count). The van der Waals surface area contributed by atoms with E-state index in [1.807, 2.05) is 20.8 Å². The fraction of sp³-hybridized carbons (Fsp3) is 0.778. The number of esters is 2. The van der Waals surface area contributed by atoms with Crippen molar-refractivity contribution in [1.82, 2.24) is 0 Å². The summed E-state index contributed by atoms with van der Waals surface area (Å²) in [4.78, 5) is 23.8. The number of carbonyl (C=O) groups is 2. The Morgan fingerprint density at radius 1 is 1.10 bits per heavy atom. The molecule has 4 aliphatic rings. The van der Waals surface area contributed by atoms with E-state index >= 15 is 0 Å². The van der Waals surface area contributed by atoms with E-state index in [2.05, 4.69) is 12.7 Å². The molecule has 272 valence electrons. The van der Waals surface area contributed by atoms with Crippen LogP contribution < -0.4 is 0 Å². The molecule has 0 aromatic heterocycles. The Kier molecular flexibility index (Phi) is 12.4. The number of hydrogen-bond donors (Lipinski definition) is 4. The summed E-state index contributed by atoms with van der Waals surface area (Å²) in [5, 5.41) is 46.7. The predicted molar refractivity (Wildman–Crippen MR) is 174 cm³/mol. The third kappa shape index (κ3) is 7.91. The Balaban J connectivity index is 1.82. The van der Waals surface area contributed by atoms with Crippen molar-refractivity contribution in [1.29, 1.82) is 0 Å². The summed E-state index contributed by atoms with van der Waals surface area (Å²) in [6.45, 7) is 16.0. The molecule has 48 heavy (non-hydrogen) atoms. The van der Waals surface area contributed by atoms with Gasteiger partial charge in [0.05, 0.1) is 37.6 Å². The molecule has 0 aromatic carbocycles. The third-order valence-electron chi connectivity index (χ3n) is 10.8. The van der Waals surface area contributed by atoms with Gasteiger partial charge in [0.1, 0.15) is 24.4 Å². The van der Waals surface area contributed by atoms with Crippen LogP contribution in [0.1, 0.15) is 67.7 Å². The first-order valence-electron chi connectivity index (χ1n) is 17.0. The lowest BCUT2D eigenvalue weighted by molar-refractivity contribution is -0.320. The Labute approximate surface area is 284 Å². The van der Waals surface area contributed by atoms with Crippen LogP contribution in [0.15, 0.2) is 35.5 Å². The highest BCUT2D eigenvalue weighted by atomic mass is 16.7. The van der Waals surface area contributed by atoms with Gasteiger partial charge in [0.2, 0.25) is 0 Å². The van der Waals surface area contributed by atoms with Gasteiger partial charge in [-0.05, 0) is 57.4 Å². The van der Waals surface area contributed by atoms with Crippen molar-refractivity contribution in [3.05, 3.63) is 35.5 Å². The first-order chi connectivity index (χ1) is 22.4. The molecule has 3 unspecified atom stereocenters. The summed E-state index contributed by atoms with van der Waals surface area (Å²) >= 11 is 0. The van der Waals surface area contributed by atoms with E-state index in [9.17, 15) is 30.0 Å². The van der Waals surface area contributed by atoms with Crippen molar-refractivity contribution >= 4 is 11.9 Å². The van der Waals surface area contributed by atoms with Crippen molar-refractivity contribution in [2.45, 2.75) is 122 Å². The van der Waals surface area contributed by atoms with E-state index in [0.717, 1.165) is 24.0 Å². The zero-order chi connectivity index (χ0) is 35.7. The van der Waals surface area contributed by atoms with E-state index in [1.54, 1.807) is 27.0 Å². The van der Waals surface area contributed by atoms with Crippen LogP contribution >= 0.6 is 0 Å². The smallest absolute Gasteiger partial charge is 0.303 e. The zero-order valence-electron chi connectivity index (χ0n) is 29.6. The molecule has 12 heteroatoms. The second-order valence-electron chi connectivity index (χ2n) is 14.7. The number of carbonyl (C=O) groups excluding carboxylic acids is 2. The highest BCUT2D eigenvalue weighted by Gasteiger charge is 2.56. The molecule has 3 aliphatic carbocycles. The van der Waals surface area contributed by atoms with Gasteiger partial charge in [-0.1, -0.05) is 37.1 Å². The van der Waals surface area contributed by atoms with Crippen LogP contribution in [0.25, 0.3) is 0 Å². The summed E-state index contributed by atoms with van der Waals surface area (Å²) in [6.07, 6.45) is -4.54. The van der Waals surface area contributed by atoms with Crippen LogP contribution in [0.4, 0.5) is 0 Å². The maximum absolute atomic E-state index is 12.3. The summed E-state index contributed by atoms with van der Waals surface area (Å²) in [7, 11) is 1.66. The molecule has 0 radical (unpaired) electrons. The van der Waals surface area contributed by atoms with Crippen molar-refractivity contribution in [3.8, 4) is 0 Å². The second kappa shape index (κ2) is 15.4. The summed E-state index contributed by atoms with van der Waals surface area (Å²) in [6, 6.07) is 0. The predicted octanol–water partition coefficient (Wildman–Crippen LogP) is 2.61. The third-order valence-corrected chi connectivity index (χ3v) is 10.8. The van der Waals surface area contributed by atoms with Gasteiger partial charge < -0.3 is 48.8 Å². The van der Waals surface area contributed by atoms with Gasteiger partial charge in [0, 0.05) is 38.2 Å². The van der Waals surface area contributed by atoms with Gasteiger partial charge in [-0.15, -0.1) is 6.58 Å². The van der Waals surface area contributed by atoms with E-state index in [0.29, 0.717) is 12.2 Å². The number of rotatable bonds is 12. The van der Waals surface area contributed by atoms with Crippen molar-refractivity contribution < 1.29 is 58.4 Å². The molecule has 1 saturated carbocycles. The van der Waals surface area contributed by atoms with Crippen LogP contribution in [-0.2, 0) is 38.0 Å². The molecule has 1 aliphatic heterocycles. The zero-order valence-corrected chi connectivity index (χ0v) is 29.6. The topological polar surface area (TPSA) is 170 Å². The lowest BCUT2D eigenvalue weighted by Crippen LogP contribution is -2.62. The molecule has 2 fully saturated rings. The molecule has 13 atom stereocenters. The highest BCUT2D eigenvalue weighted by Crippen LogP contribution is 2.56. The normalized spacial score (nSPS) is 40.2. The quantitative estimate of drug-likeness (QED) is 0.176. The molecule has 1 heterocycles. The second-order valence-corrected chi connectivity index (χ2v) is 14.7. The number of ether oxygens (including phenoxy) is 6. The number of aliphatic hydroxyl groups is 4. The lowest BCUT2D eigenvalue weighted by Gasteiger charge is -2.47. The van der Waals surface area contributed by atoms with Crippen molar-refractivity contribution in [2.24, 2.45) is 29.1 Å². The number of fused-ring (bicyclic) bond motifs is 2. The summed E-state index contributed by atoms with van der Waals surface area (Å²) in [5.41, 5.74) is 0.746. The lowest BCUT2D eigenvalue weighted by atomic mass is 9.68. The molecule has 4 N–H and O–H groups in total. The SMILES string of the molecule is C=CC(C)(C)OCC1O[C@H](OC2C3=C(C(C)COC(C)=O)C[C@H](O)[C@]3(C)/C=C3/[C@@H](COC)CC[C@H]3[C@@H](C)[C@H]2O)[C@H](O)[C@@H](OC(C)=O)[C@@H]1O. The van der Waals surface area contributed by atoms with Crippen LogP contribution in [-0.4, -0.2) is 114 Å². The number of methoxy groups -OCH3 is 1. The summed E-state index contributed by atoms with van der Waals surface area (Å²) in [5.74, 6) is -1.70. The minimum absolute atomic E-state index is 0.0190. The molecule has 12 nitrogen and oxygen atoms in total. The van der Waals surface area contributed by atoms with E-state index in [4.69, 9.17) is 28.4 Å². The molecule has 1 saturated heterocycles. The highest BCUT2D eigenvalue weighted by molar-refractivity contribution is 5.66. The monoisotopic (exact) mass is 680 g/mol. The van der Waals surface area contributed by atoms with Crippen LogP contribution in [0.2, 0.25) is 0 Å². The fourth-order valence-corrected chi connectivity index (χ4v) is 7.88. The van der Waals surface area contributed by atoms with Crippen LogP contribution in [0.3, 0.4) is 0 Å². The Morgan fingerprint density at radius 3 is 2.40 bits per heavy atom. The van der Waals surface area contributed by atoms with Gasteiger partial charge in [0.25, 0.3) is 0 Å². The maximum atomic E-state index is 12.3. The molecular weight excluding hydrogens is 624 g/mol. The van der Waals surface area contributed by atoms with Crippen molar-refractivity contribution in [3.63, 3.8) is 0 Å². The average Bonchev–Trinajstić information content (AvgIpc) is 3.52. The first kappa shape index (κ1) is 38.6. The molecule has 0 bridgehead atoms.